The molecule has 118 valence electrons. The van der Waals surface area contributed by atoms with Gasteiger partial charge in [-0.1, -0.05) is 13.8 Å². The van der Waals surface area contributed by atoms with Crippen molar-refractivity contribution < 1.29 is 8.42 Å². The lowest BCUT2D eigenvalue weighted by Crippen LogP contribution is -2.47. The first-order chi connectivity index (χ1) is 9.82. The van der Waals surface area contributed by atoms with Crippen LogP contribution in [0.1, 0.15) is 39.4 Å². The summed E-state index contributed by atoms with van der Waals surface area (Å²) in [6.07, 6.45) is 0. The van der Waals surface area contributed by atoms with Gasteiger partial charge in [0.15, 0.2) is 9.84 Å². The highest BCUT2D eigenvalue weighted by atomic mass is 32.2. The zero-order valence-corrected chi connectivity index (χ0v) is 13.9. The minimum Gasteiger partial charge on any atom is -0.370 e. The van der Waals surface area contributed by atoms with E-state index in [0.717, 1.165) is 24.0 Å². The van der Waals surface area contributed by atoms with Gasteiger partial charge in [-0.25, -0.2) is 18.4 Å². The third kappa shape index (κ3) is 3.84. The van der Waals surface area contributed by atoms with Crippen molar-refractivity contribution in [1.82, 2.24) is 9.97 Å². The van der Waals surface area contributed by atoms with Crippen molar-refractivity contribution >= 4 is 21.5 Å². The molecule has 1 aliphatic rings. The molecule has 1 unspecified atom stereocenters. The van der Waals surface area contributed by atoms with E-state index in [1.807, 2.05) is 19.9 Å². The molecule has 0 bridgehead atoms. The Labute approximate surface area is 126 Å². The number of hydrogen-bond donors (Lipinski definition) is 1. The smallest absolute Gasteiger partial charge is 0.154 e. The Morgan fingerprint density at radius 1 is 1.43 bits per heavy atom. The molecule has 2 rings (SSSR count). The van der Waals surface area contributed by atoms with E-state index in [0.29, 0.717) is 6.54 Å². The lowest BCUT2D eigenvalue weighted by atomic mass is 10.2. The van der Waals surface area contributed by atoms with Gasteiger partial charge in [-0.3, -0.25) is 0 Å². The number of aromatic nitrogens is 2. The Kier molecular flexibility index (Phi) is 4.70. The molecule has 1 aromatic heterocycles. The maximum atomic E-state index is 11.7. The van der Waals surface area contributed by atoms with Crippen LogP contribution in [0.15, 0.2) is 6.07 Å². The van der Waals surface area contributed by atoms with Crippen LogP contribution in [0.3, 0.4) is 0 Å². The number of sulfone groups is 1. The summed E-state index contributed by atoms with van der Waals surface area (Å²) in [5.41, 5.74) is 0. The van der Waals surface area contributed by atoms with Gasteiger partial charge in [0.05, 0.1) is 11.5 Å². The van der Waals surface area contributed by atoms with Gasteiger partial charge >= 0.3 is 0 Å². The van der Waals surface area contributed by atoms with Crippen molar-refractivity contribution in [3.8, 4) is 0 Å². The van der Waals surface area contributed by atoms with Crippen LogP contribution in [0.25, 0.3) is 0 Å². The number of anilines is 2. The highest BCUT2D eigenvalue weighted by molar-refractivity contribution is 7.91. The maximum absolute atomic E-state index is 11.7. The molecule has 6 nitrogen and oxygen atoms in total. The molecule has 0 amide bonds. The molecule has 2 heterocycles. The first-order valence-electron chi connectivity index (χ1n) is 7.42. The average molecular weight is 312 g/mol. The monoisotopic (exact) mass is 312 g/mol. The van der Waals surface area contributed by atoms with E-state index in [1.165, 1.54) is 0 Å². The van der Waals surface area contributed by atoms with Gasteiger partial charge in [0.25, 0.3) is 0 Å². The molecule has 21 heavy (non-hydrogen) atoms. The standard InChI is InChI=1S/C14H24N4O2S/c1-5-15-12-8-13(17-14(16-12)10(2)3)18-6-7-21(19,20)9-11(18)4/h8,10-11H,5-7,9H2,1-4H3,(H,15,16,17). The van der Waals surface area contributed by atoms with Gasteiger partial charge < -0.3 is 10.2 Å². The van der Waals surface area contributed by atoms with Crippen LogP contribution in [-0.2, 0) is 9.84 Å². The van der Waals surface area contributed by atoms with Crippen molar-refractivity contribution in [2.75, 3.05) is 34.8 Å². The second-order valence-corrected chi connectivity index (χ2v) is 8.04. The topological polar surface area (TPSA) is 75.2 Å². The Bertz CT molecular complexity index is 601. The number of hydrogen-bond acceptors (Lipinski definition) is 6. The number of nitrogens with zero attached hydrogens (tertiary/aromatic N) is 3. The van der Waals surface area contributed by atoms with E-state index in [2.05, 4.69) is 34.0 Å². The second kappa shape index (κ2) is 6.17. The van der Waals surface area contributed by atoms with Crippen molar-refractivity contribution in [1.29, 1.82) is 0 Å². The Morgan fingerprint density at radius 2 is 2.14 bits per heavy atom. The zero-order chi connectivity index (χ0) is 15.6. The van der Waals surface area contributed by atoms with Crippen LogP contribution < -0.4 is 10.2 Å². The lowest BCUT2D eigenvalue weighted by molar-refractivity contribution is 0.566. The molecule has 1 aliphatic heterocycles. The summed E-state index contributed by atoms with van der Waals surface area (Å²) in [4.78, 5) is 11.2. The van der Waals surface area contributed by atoms with Crippen LogP contribution in [0, 0.1) is 0 Å². The zero-order valence-electron chi connectivity index (χ0n) is 13.1. The summed E-state index contributed by atoms with van der Waals surface area (Å²) in [5, 5.41) is 3.22. The molecule has 1 N–H and O–H groups in total. The van der Waals surface area contributed by atoms with Gasteiger partial charge in [-0.05, 0) is 13.8 Å². The molecule has 0 saturated carbocycles. The van der Waals surface area contributed by atoms with E-state index < -0.39 is 9.84 Å². The molecule has 1 fully saturated rings. The van der Waals surface area contributed by atoms with Gasteiger partial charge in [-0.2, -0.15) is 0 Å². The molecule has 7 heteroatoms. The predicted octanol–water partition coefficient (Wildman–Crippen LogP) is 1.66. The Morgan fingerprint density at radius 3 is 2.71 bits per heavy atom. The van der Waals surface area contributed by atoms with E-state index in [4.69, 9.17) is 0 Å². The number of nitrogens with one attached hydrogen (secondary N) is 1. The lowest BCUT2D eigenvalue weighted by Gasteiger charge is -2.34. The molecule has 0 spiro atoms. The van der Waals surface area contributed by atoms with Crippen LogP contribution in [0.4, 0.5) is 11.6 Å². The van der Waals surface area contributed by atoms with E-state index in [1.54, 1.807) is 0 Å². The van der Waals surface area contributed by atoms with Gasteiger partial charge in [-0.15, -0.1) is 0 Å². The molecular weight excluding hydrogens is 288 g/mol. The summed E-state index contributed by atoms with van der Waals surface area (Å²) in [6.45, 7) is 9.34. The normalized spacial score (nSPS) is 21.6. The van der Waals surface area contributed by atoms with Gasteiger partial charge in [0.1, 0.15) is 17.5 Å². The number of rotatable bonds is 4. The SMILES string of the molecule is CCNc1cc(N2CCS(=O)(=O)CC2C)nc(C(C)C)n1. The Hall–Kier alpha value is -1.37. The molecule has 0 aromatic carbocycles. The summed E-state index contributed by atoms with van der Waals surface area (Å²) in [6, 6.07) is 1.84. The fraction of sp³-hybridized carbons (Fsp3) is 0.714. The Balaban J connectivity index is 2.34. The van der Waals surface area contributed by atoms with Crippen molar-refractivity contribution in [3.63, 3.8) is 0 Å². The van der Waals surface area contributed by atoms with E-state index in [9.17, 15) is 8.42 Å². The van der Waals surface area contributed by atoms with E-state index >= 15 is 0 Å². The highest BCUT2D eigenvalue weighted by Crippen LogP contribution is 2.24. The third-order valence-electron chi connectivity index (χ3n) is 3.57. The van der Waals surface area contributed by atoms with Crippen molar-refractivity contribution in [3.05, 3.63) is 11.9 Å². The first kappa shape index (κ1) is 16.0. The quantitative estimate of drug-likeness (QED) is 0.911. The minimum atomic E-state index is -2.92. The van der Waals surface area contributed by atoms with Crippen LogP contribution >= 0.6 is 0 Å². The van der Waals surface area contributed by atoms with Crippen molar-refractivity contribution in [2.24, 2.45) is 0 Å². The maximum Gasteiger partial charge on any atom is 0.154 e. The van der Waals surface area contributed by atoms with E-state index in [-0.39, 0.29) is 23.5 Å². The average Bonchev–Trinajstić information content (AvgIpc) is 2.37. The minimum absolute atomic E-state index is 0.0619. The van der Waals surface area contributed by atoms with Gasteiger partial charge in [0.2, 0.25) is 0 Å². The third-order valence-corrected chi connectivity index (χ3v) is 5.36. The van der Waals surface area contributed by atoms with Gasteiger partial charge in [0, 0.05) is 31.1 Å². The van der Waals surface area contributed by atoms with Crippen molar-refractivity contribution in [2.45, 2.75) is 39.7 Å². The molecule has 0 radical (unpaired) electrons. The van der Waals surface area contributed by atoms with Crippen LogP contribution in [-0.4, -0.2) is 49.0 Å². The fourth-order valence-corrected chi connectivity index (χ4v) is 4.03. The molecule has 0 aliphatic carbocycles. The summed E-state index contributed by atoms with van der Waals surface area (Å²) >= 11 is 0. The first-order valence-corrected chi connectivity index (χ1v) is 9.24. The fourth-order valence-electron chi connectivity index (χ4n) is 2.47. The van der Waals surface area contributed by atoms with Crippen LogP contribution in [0.5, 0.6) is 0 Å². The molecule has 1 aromatic rings. The predicted molar refractivity (Wildman–Crippen MR) is 85.7 cm³/mol. The summed E-state index contributed by atoms with van der Waals surface area (Å²) in [5.74, 6) is 2.99. The molecule has 1 atom stereocenters. The second-order valence-electron chi connectivity index (χ2n) is 5.81. The molecular formula is C14H24N4O2S. The largest absolute Gasteiger partial charge is 0.370 e. The summed E-state index contributed by atoms with van der Waals surface area (Å²) in [7, 11) is -2.92. The highest BCUT2D eigenvalue weighted by Gasteiger charge is 2.29. The molecule has 1 saturated heterocycles. The van der Waals surface area contributed by atoms with Crippen LogP contribution in [0.2, 0.25) is 0 Å². The summed E-state index contributed by atoms with van der Waals surface area (Å²) < 4.78 is 23.4.